The van der Waals surface area contributed by atoms with Crippen LogP contribution in [0, 0.1) is 3.57 Å². The molecule has 0 fully saturated rings. The number of nitrogens with zero attached hydrogens (tertiary/aromatic N) is 1. The van der Waals surface area contributed by atoms with Crippen LogP contribution in [-0.2, 0) is 5.88 Å². The Morgan fingerprint density at radius 1 is 1.62 bits per heavy atom. The van der Waals surface area contributed by atoms with Gasteiger partial charge >= 0.3 is 0 Å². The van der Waals surface area contributed by atoms with E-state index in [0.29, 0.717) is 9.26 Å². The highest BCUT2D eigenvalue weighted by Gasteiger charge is 2.17. The van der Waals surface area contributed by atoms with Gasteiger partial charge in [-0.3, -0.25) is 0 Å². The van der Waals surface area contributed by atoms with E-state index in [2.05, 4.69) is 4.98 Å². The summed E-state index contributed by atoms with van der Waals surface area (Å²) in [5, 5.41) is 9.19. The number of aromatic hydroxyl groups is 1. The summed E-state index contributed by atoms with van der Waals surface area (Å²) in [7, 11) is 0. The van der Waals surface area contributed by atoms with E-state index in [9.17, 15) is 13.9 Å². The Morgan fingerprint density at radius 2 is 2.23 bits per heavy atom. The fourth-order valence-corrected chi connectivity index (χ4v) is 1.57. The number of hydrogen-bond acceptors (Lipinski definition) is 2. The number of hydrogen-bond donors (Lipinski definition) is 1. The van der Waals surface area contributed by atoms with E-state index in [1.165, 1.54) is 6.07 Å². The van der Waals surface area contributed by atoms with Crippen LogP contribution < -0.4 is 0 Å². The lowest BCUT2D eigenvalue weighted by atomic mass is 10.3. The summed E-state index contributed by atoms with van der Waals surface area (Å²) in [6.07, 6.45) is -2.78. The van der Waals surface area contributed by atoms with Gasteiger partial charge in [-0.1, -0.05) is 0 Å². The van der Waals surface area contributed by atoms with Crippen molar-refractivity contribution in [2.45, 2.75) is 12.3 Å². The minimum Gasteiger partial charge on any atom is -0.505 e. The molecule has 0 aliphatic rings. The van der Waals surface area contributed by atoms with Crippen LogP contribution >= 0.6 is 34.2 Å². The van der Waals surface area contributed by atoms with Crippen molar-refractivity contribution in [3.05, 3.63) is 21.0 Å². The molecule has 0 saturated heterocycles. The molecular formula is C7H5ClF2INO. The van der Waals surface area contributed by atoms with E-state index < -0.39 is 17.9 Å². The van der Waals surface area contributed by atoms with Crippen molar-refractivity contribution < 1.29 is 13.9 Å². The number of rotatable bonds is 2. The van der Waals surface area contributed by atoms with Gasteiger partial charge in [-0.2, -0.15) is 0 Å². The molecule has 0 saturated carbocycles. The van der Waals surface area contributed by atoms with Crippen molar-refractivity contribution >= 4 is 34.2 Å². The van der Waals surface area contributed by atoms with Gasteiger partial charge in [-0.05, 0) is 28.7 Å². The predicted octanol–water partition coefficient (Wildman–Crippen LogP) is 3.07. The first-order chi connectivity index (χ1) is 6.06. The van der Waals surface area contributed by atoms with Crippen LogP contribution in [0.25, 0.3) is 0 Å². The molecule has 72 valence electrons. The van der Waals surface area contributed by atoms with E-state index in [-0.39, 0.29) is 5.88 Å². The van der Waals surface area contributed by atoms with Crippen LogP contribution in [0.3, 0.4) is 0 Å². The van der Waals surface area contributed by atoms with Crippen molar-refractivity contribution in [1.82, 2.24) is 4.98 Å². The third-order valence-electron chi connectivity index (χ3n) is 1.37. The molecule has 0 aliphatic carbocycles. The lowest BCUT2D eigenvalue weighted by Gasteiger charge is -2.06. The molecule has 1 heterocycles. The maximum absolute atomic E-state index is 12.3. The number of alkyl halides is 3. The molecule has 0 atom stereocenters. The Bertz CT molecular complexity index is 322. The van der Waals surface area contributed by atoms with Gasteiger partial charge in [-0.15, -0.1) is 11.6 Å². The molecule has 2 nitrogen and oxygen atoms in total. The number of pyridine rings is 1. The van der Waals surface area contributed by atoms with Gasteiger partial charge in [0.1, 0.15) is 5.69 Å². The third kappa shape index (κ3) is 2.40. The lowest BCUT2D eigenvalue weighted by molar-refractivity contribution is 0.141. The average molecular weight is 319 g/mol. The van der Waals surface area contributed by atoms with Gasteiger partial charge in [0.05, 0.1) is 15.1 Å². The molecule has 0 radical (unpaired) electrons. The minimum atomic E-state index is -2.78. The van der Waals surface area contributed by atoms with Gasteiger partial charge in [0.15, 0.2) is 5.75 Å². The van der Waals surface area contributed by atoms with Gasteiger partial charge in [0.2, 0.25) is 0 Å². The summed E-state index contributed by atoms with van der Waals surface area (Å²) in [6, 6.07) is 1.47. The molecule has 0 unspecified atom stereocenters. The molecular weight excluding hydrogens is 314 g/mol. The summed E-state index contributed by atoms with van der Waals surface area (Å²) in [4.78, 5) is 3.51. The molecule has 1 N–H and O–H groups in total. The quantitative estimate of drug-likeness (QED) is 0.671. The van der Waals surface area contributed by atoms with E-state index in [4.69, 9.17) is 11.6 Å². The van der Waals surface area contributed by atoms with Gasteiger partial charge in [0, 0.05) is 0 Å². The zero-order valence-corrected chi connectivity index (χ0v) is 9.18. The molecule has 13 heavy (non-hydrogen) atoms. The van der Waals surface area contributed by atoms with Crippen LogP contribution in [-0.4, -0.2) is 10.1 Å². The Morgan fingerprint density at radius 3 is 2.69 bits per heavy atom. The molecule has 1 rings (SSSR count). The molecule has 1 aromatic rings. The van der Waals surface area contributed by atoms with E-state index in [1.807, 2.05) is 0 Å². The van der Waals surface area contributed by atoms with Crippen LogP contribution in [0.5, 0.6) is 5.75 Å². The third-order valence-corrected chi connectivity index (χ3v) is 2.47. The fourth-order valence-electron chi connectivity index (χ4n) is 0.798. The van der Waals surface area contributed by atoms with Gasteiger partial charge in [0.25, 0.3) is 6.43 Å². The monoisotopic (exact) mass is 319 g/mol. The van der Waals surface area contributed by atoms with E-state index in [0.717, 1.165) is 0 Å². The lowest BCUT2D eigenvalue weighted by Crippen LogP contribution is -1.97. The van der Waals surface area contributed by atoms with Crippen LogP contribution in [0.4, 0.5) is 8.78 Å². The summed E-state index contributed by atoms with van der Waals surface area (Å²) < 4.78 is 24.8. The summed E-state index contributed by atoms with van der Waals surface area (Å²) >= 11 is 7.19. The van der Waals surface area contributed by atoms with Crippen molar-refractivity contribution in [2.24, 2.45) is 0 Å². The van der Waals surface area contributed by atoms with Crippen molar-refractivity contribution in [1.29, 1.82) is 0 Å². The maximum atomic E-state index is 12.3. The Kier molecular flexibility index (Phi) is 3.66. The molecule has 0 spiro atoms. The zero-order chi connectivity index (χ0) is 10.0. The topological polar surface area (TPSA) is 33.1 Å². The van der Waals surface area contributed by atoms with Crippen LogP contribution in [0.1, 0.15) is 17.8 Å². The first kappa shape index (κ1) is 10.9. The largest absolute Gasteiger partial charge is 0.505 e. The molecule has 0 aromatic carbocycles. The highest BCUT2D eigenvalue weighted by atomic mass is 127. The van der Waals surface area contributed by atoms with Crippen molar-refractivity contribution in [2.75, 3.05) is 0 Å². The van der Waals surface area contributed by atoms with E-state index >= 15 is 0 Å². The summed E-state index contributed by atoms with van der Waals surface area (Å²) in [5.41, 5.74) is -0.276. The predicted molar refractivity (Wildman–Crippen MR) is 53.1 cm³/mol. The molecule has 0 amide bonds. The first-order valence-corrected chi connectivity index (χ1v) is 4.90. The highest BCUT2D eigenvalue weighted by Crippen LogP contribution is 2.31. The van der Waals surface area contributed by atoms with Crippen LogP contribution in [0.2, 0.25) is 0 Å². The Hall–Kier alpha value is -0.170. The Balaban J connectivity index is 3.25. The summed E-state index contributed by atoms with van der Waals surface area (Å²) in [5.74, 6) is -0.416. The second kappa shape index (κ2) is 4.36. The second-order valence-corrected chi connectivity index (χ2v) is 3.69. The smallest absolute Gasteiger partial charge is 0.284 e. The van der Waals surface area contributed by atoms with E-state index in [1.54, 1.807) is 22.6 Å². The average Bonchev–Trinajstić information content (AvgIpc) is 2.09. The zero-order valence-electron chi connectivity index (χ0n) is 6.27. The number of halogens is 4. The normalized spacial score (nSPS) is 10.8. The second-order valence-electron chi connectivity index (χ2n) is 2.26. The van der Waals surface area contributed by atoms with Crippen molar-refractivity contribution in [3.8, 4) is 5.75 Å². The first-order valence-electron chi connectivity index (χ1n) is 3.28. The summed E-state index contributed by atoms with van der Waals surface area (Å²) in [6.45, 7) is 0. The van der Waals surface area contributed by atoms with Crippen molar-refractivity contribution in [3.63, 3.8) is 0 Å². The minimum absolute atomic E-state index is 0.0516. The number of aromatic nitrogens is 1. The fraction of sp³-hybridized carbons (Fsp3) is 0.286. The molecule has 1 aromatic heterocycles. The van der Waals surface area contributed by atoms with Crippen LogP contribution in [0.15, 0.2) is 6.07 Å². The standard InChI is InChI=1S/C7H5ClF2INO/c8-2-3-1-4(11)6(13)5(12-3)7(9)10/h1,7,13H,2H2. The Labute approximate surface area is 92.1 Å². The van der Waals surface area contributed by atoms with Gasteiger partial charge < -0.3 is 5.11 Å². The highest BCUT2D eigenvalue weighted by molar-refractivity contribution is 14.1. The molecule has 0 bridgehead atoms. The molecule has 0 aliphatic heterocycles. The van der Waals surface area contributed by atoms with Gasteiger partial charge in [-0.25, -0.2) is 13.8 Å². The maximum Gasteiger partial charge on any atom is 0.284 e. The molecule has 6 heteroatoms. The SMILES string of the molecule is Oc1c(I)cc(CCl)nc1C(F)F.